The molecule has 1 aromatic rings. The van der Waals surface area contributed by atoms with E-state index >= 15 is 0 Å². The quantitative estimate of drug-likeness (QED) is 0.918. The highest BCUT2D eigenvalue weighted by molar-refractivity contribution is 7.09. The Labute approximate surface area is 119 Å². The minimum atomic E-state index is -0.112. The smallest absolute Gasteiger partial charge is 0.125 e. The van der Waals surface area contributed by atoms with Crippen molar-refractivity contribution < 1.29 is 4.74 Å². The van der Waals surface area contributed by atoms with Crippen molar-refractivity contribution >= 4 is 11.3 Å². The molecule has 4 heteroatoms. The maximum absolute atomic E-state index is 5.94. The largest absolute Gasteiger partial charge is 0.371 e. The lowest BCUT2D eigenvalue weighted by Gasteiger charge is -2.37. The van der Waals surface area contributed by atoms with Crippen LogP contribution >= 0.6 is 11.3 Å². The summed E-state index contributed by atoms with van der Waals surface area (Å²) in [5.41, 5.74) is 1.12. The molecule has 3 rings (SSSR count). The lowest BCUT2D eigenvalue weighted by molar-refractivity contribution is -0.0581. The van der Waals surface area contributed by atoms with Crippen molar-refractivity contribution in [3.63, 3.8) is 0 Å². The Bertz CT molecular complexity index is 428. The number of ether oxygens (including phenoxy) is 1. The molecule has 2 fully saturated rings. The summed E-state index contributed by atoms with van der Waals surface area (Å²) >= 11 is 1.79. The van der Waals surface area contributed by atoms with E-state index in [0.717, 1.165) is 25.3 Å². The molecule has 1 saturated carbocycles. The van der Waals surface area contributed by atoms with Gasteiger partial charge in [0.2, 0.25) is 0 Å². The molecule has 1 saturated heterocycles. The van der Waals surface area contributed by atoms with Gasteiger partial charge in [-0.05, 0) is 44.6 Å². The molecule has 0 aromatic carbocycles. The normalized spacial score (nSPS) is 35.7. The van der Waals surface area contributed by atoms with Crippen LogP contribution in [0.1, 0.15) is 62.2 Å². The van der Waals surface area contributed by atoms with Crippen LogP contribution in [0.3, 0.4) is 0 Å². The van der Waals surface area contributed by atoms with Crippen LogP contribution in [0.4, 0.5) is 0 Å². The SMILES string of the molecule is COC1(c2nc([C@@H]3CCCN3)cs2)CCCC(C)C1. The van der Waals surface area contributed by atoms with Crippen molar-refractivity contribution in [1.29, 1.82) is 0 Å². The number of hydrogen-bond donors (Lipinski definition) is 1. The van der Waals surface area contributed by atoms with Gasteiger partial charge >= 0.3 is 0 Å². The lowest BCUT2D eigenvalue weighted by atomic mass is 9.79. The van der Waals surface area contributed by atoms with E-state index in [4.69, 9.17) is 9.72 Å². The molecule has 1 aliphatic carbocycles. The van der Waals surface area contributed by atoms with Gasteiger partial charge in [0.1, 0.15) is 10.6 Å². The third-order valence-corrected chi connectivity index (χ3v) is 5.72. The first kappa shape index (κ1) is 13.5. The summed E-state index contributed by atoms with van der Waals surface area (Å²) in [5.74, 6) is 0.741. The van der Waals surface area contributed by atoms with E-state index in [-0.39, 0.29) is 5.60 Å². The Morgan fingerprint density at radius 1 is 1.42 bits per heavy atom. The van der Waals surface area contributed by atoms with Gasteiger partial charge in [0.15, 0.2) is 0 Å². The van der Waals surface area contributed by atoms with Crippen LogP contribution in [0, 0.1) is 5.92 Å². The summed E-state index contributed by atoms with van der Waals surface area (Å²) in [6.07, 6.45) is 7.32. The highest BCUT2D eigenvalue weighted by Crippen LogP contribution is 2.44. The molecule has 2 aliphatic rings. The molecular formula is C15H24N2OS. The Morgan fingerprint density at radius 3 is 3.00 bits per heavy atom. The number of nitrogens with zero attached hydrogens (tertiary/aromatic N) is 1. The Morgan fingerprint density at radius 2 is 2.32 bits per heavy atom. The molecule has 0 amide bonds. The highest BCUT2D eigenvalue weighted by Gasteiger charge is 2.39. The standard InChI is InChI=1S/C15H24N2OS/c1-11-5-3-7-15(9-11,18-2)14-17-13(10-19-14)12-6-4-8-16-12/h10-12,16H,3-9H2,1-2H3/t11?,12-,15?/m0/s1. The molecule has 0 bridgehead atoms. The van der Waals surface area contributed by atoms with E-state index in [0.29, 0.717) is 6.04 Å². The first-order valence-electron chi connectivity index (χ1n) is 7.48. The van der Waals surface area contributed by atoms with Crippen LogP contribution in [0.25, 0.3) is 0 Å². The van der Waals surface area contributed by atoms with Gasteiger partial charge in [-0.1, -0.05) is 13.3 Å². The summed E-state index contributed by atoms with van der Waals surface area (Å²) in [6, 6.07) is 0.472. The number of hydrogen-bond acceptors (Lipinski definition) is 4. The van der Waals surface area contributed by atoms with E-state index in [1.54, 1.807) is 11.3 Å². The maximum Gasteiger partial charge on any atom is 0.125 e. The summed E-state index contributed by atoms with van der Waals surface area (Å²) in [7, 11) is 1.85. The average molecular weight is 280 g/mol. The van der Waals surface area contributed by atoms with E-state index in [2.05, 4.69) is 17.6 Å². The monoisotopic (exact) mass is 280 g/mol. The molecule has 1 N–H and O–H groups in total. The number of thiazole rings is 1. The van der Waals surface area contributed by atoms with Crippen molar-refractivity contribution in [2.75, 3.05) is 13.7 Å². The van der Waals surface area contributed by atoms with Gasteiger partial charge < -0.3 is 10.1 Å². The highest BCUT2D eigenvalue weighted by atomic mass is 32.1. The van der Waals surface area contributed by atoms with Gasteiger partial charge in [0, 0.05) is 12.5 Å². The number of aromatic nitrogens is 1. The first-order chi connectivity index (χ1) is 9.23. The van der Waals surface area contributed by atoms with E-state index < -0.39 is 0 Å². The molecule has 19 heavy (non-hydrogen) atoms. The topological polar surface area (TPSA) is 34.1 Å². The number of nitrogens with one attached hydrogen (secondary N) is 1. The van der Waals surface area contributed by atoms with Crippen molar-refractivity contribution in [2.45, 2.75) is 57.1 Å². The van der Waals surface area contributed by atoms with Crippen molar-refractivity contribution in [2.24, 2.45) is 5.92 Å². The van der Waals surface area contributed by atoms with Crippen LogP contribution in [-0.4, -0.2) is 18.6 Å². The van der Waals surface area contributed by atoms with Crippen LogP contribution in [0.2, 0.25) is 0 Å². The second-order valence-electron chi connectivity index (χ2n) is 6.13. The molecule has 3 nitrogen and oxygen atoms in total. The van der Waals surface area contributed by atoms with Gasteiger partial charge in [-0.25, -0.2) is 4.98 Å². The fourth-order valence-corrected chi connectivity index (χ4v) is 4.65. The van der Waals surface area contributed by atoms with Crippen LogP contribution in [0.5, 0.6) is 0 Å². The van der Waals surface area contributed by atoms with Crippen LogP contribution in [-0.2, 0) is 10.3 Å². The van der Waals surface area contributed by atoms with E-state index in [1.807, 2.05) is 7.11 Å². The molecule has 3 atom stereocenters. The van der Waals surface area contributed by atoms with Crippen molar-refractivity contribution in [3.8, 4) is 0 Å². The zero-order valence-electron chi connectivity index (χ0n) is 11.9. The molecule has 106 valence electrons. The fraction of sp³-hybridized carbons (Fsp3) is 0.800. The Kier molecular flexibility index (Phi) is 3.92. The summed E-state index contributed by atoms with van der Waals surface area (Å²) in [6.45, 7) is 3.46. The summed E-state index contributed by atoms with van der Waals surface area (Å²) < 4.78 is 5.94. The molecular weight excluding hydrogens is 256 g/mol. The van der Waals surface area contributed by atoms with Crippen molar-refractivity contribution in [3.05, 3.63) is 16.1 Å². The summed E-state index contributed by atoms with van der Waals surface area (Å²) in [5, 5.41) is 6.97. The Balaban J connectivity index is 1.83. The minimum Gasteiger partial charge on any atom is -0.371 e. The van der Waals surface area contributed by atoms with Crippen molar-refractivity contribution in [1.82, 2.24) is 10.3 Å². The van der Waals surface area contributed by atoms with Crippen LogP contribution in [0.15, 0.2) is 5.38 Å². The Hall–Kier alpha value is -0.450. The zero-order chi connectivity index (χ0) is 13.3. The third-order valence-electron chi connectivity index (χ3n) is 4.68. The van der Waals surface area contributed by atoms with E-state index in [9.17, 15) is 0 Å². The third kappa shape index (κ3) is 2.58. The first-order valence-corrected chi connectivity index (χ1v) is 8.36. The minimum absolute atomic E-state index is 0.112. The molecule has 2 unspecified atom stereocenters. The van der Waals surface area contributed by atoms with Gasteiger partial charge in [0.05, 0.1) is 11.7 Å². The van der Waals surface area contributed by atoms with E-state index in [1.165, 1.54) is 36.4 Å². The lowest BCUT2D eigenvalue weighted by Crippen LogP contribution is -2.34. The van der Waals surface area contributed by atoms with Gasteiger partial charge in [0.25, 0.3) is 0 Å². The summed E-state index contributed by atoms with van der Waals surface area (Å²) in [4.78, 5) is 4.92. The second-order valence-corrected chi connectivity index (χ2v) is 6.98. The van der Waals surface area contributed by atoms with Gasteiger partial charge in [-0.2, -0.15) is 0 Å². The number of methoxy groups -OCH3 is 1. The van der Waals surface area contributed by atoms with Gasteiger partial charge in [-0.15, -0.1) is 11.3 Å². The second kappa shape index (κ2) is 5.51. The molecule has 1 aliphatic heterocycles. The molecule has 1 aromatic heterocycles. The predicted molar refractivity (Wildman–Crippen MR) is 78.4 cm³/mol. The van der Waals surface area contributed by atoms with Gasteiger partial charge in [-0.3, -0.25) is 0 Å². The maximum atomic E-state index is 5.94. The number of rotatable bonds is 3. The fourth-order valence-electron chi connectivity index (χ4n) is 3.56. The molecule has 0 spiro atoms. The average Bonchev–Trinajstić information content (AvgIpc) is 3.09. The zero-order valence-corrected chi connectivity index (χ0v) is 12.8. The van der Waals surface area contributed by atoms with Crippen LogP contribution < -0.4 is 5.32 Å². The predicted octanol–water partition coefficient (Wildman–Crippen LogP) is 3.62. The molecule has 0 radical (unpaired) electrons. The molecule has 2 heterocycles.